The maximum Gasteiger partial charge on any atom is 0.191 e. The number of halogens is 2. The second-order valence-electron chi connectivity index (χ2n) is 5.76. The molecule has 0 bridgehead atoms. The molecule has 0 radical (unpaired) electrons. The van der Waals surface area contributed by atoms with Crippen molar-refractivity contribution in [1.82, 2.24) is 15.6 Å². The van der Waals surface area contributed by atoms with Gasteiger partial charge in [0.2, 0.25) is 0 Å². The smallest absolute Gasteiger partial charge is 0.191 e. The van der Waals surface area contributed by atoms with Gasteiger partial charge in [0.05, 0.1) is 17.2 Å². The Labute approximate surface area is 175 Å². The van der Waals surface area contributed by atoms with Crippen LogP contribution >= 0.6 is 35.3 Å². The van der Waals surface area contributed by atoms with Gasteiger partial charge < -0.3 is 15.4 Å². The summed E-state index contributed by atoms with van der Waals surface area (Å²) >= 11 is 1.74. The van der Waals surface area contributed by atoms with E-state index in [1.807, 2.05) is 13.8 Å². The van der Waals surface area contributed by atoms with Crippen LogP contribution in [0, 0.1) is 19.7 Å². The molecule has 0 aliphatic carbocycles. The van der Waals surface area contributed by atoms with E-state index in [0.29, 0.717) is 12.3 Å². The molecule has 144 valence electrons. The largest absolute Gasteiger partial charge is 0.489 e. The van der Waals surface area contributed by atoms with Crippen LogP contribution in [-0.4, -0.2) is 37.2 Å². The Morgan fingerprint density at radius 2 is 1.96 bits per heavy atom. The maximum atomic E-state index is 12.9. The highest BCUT2D eigenvalue weighted by Crippen LogP contribution is 2.16. The first-order chi connectivity index (χ1) is 12.0. The van der Waals surface area contributed by atoms with Crippen molar-refractivity contribution in [3.05, 3.63) is 45.7 Å². The van der Waals surface area contributed by atoms with Crippen molar-refractivity contribution in [2.45, 2.75) is 33.3 Å². The number of thiazole rings is 1. The lowest BCUT2D eigenvalue weighted by Gasteiger charge is -2.17. The second kappa shape index (κ2) is 11.3. The van der Waals surface area contributed by atoms with Crippen molar-refractivity contribution in [2.75, 3.05) is 20.1 Å². The van der Waals surface area contributed by atoms with Crippen LogP contribution in [0.2, 0.25) is 0 Å². The van der Waals surface area contributed by atoms with E-state index in [1.54, 1.807) is 30.5 Å². The highest BCUT2D eigenvalue weighted by Gasteiger charge is 2.07. The van der Waals surface area contributed by atoms with Crippen LogP contribution in [0.4, 0.5) is 4.39 Å². The van der Waals surface area contributed by atoms with E-state index in [4.69, 9.17) is 4.74 Å². The van der Waals surface area contributed by atoms with Gasteiger partial charge in [-0.05, 0) is 45.0 Å². The van der Waals surface area contributed by atoms with Crippen molar-refractivity contribution >= 4 is 41.3 Å². The number of aromatic nitrogens is 1. The highest BCUT2D eigenvalue weighted by molar-refractivity contribution is 14.0. The Bertz CT molecular complexity index is 686. The number of rotatable bonds is 7. The third-order valence-corrected chi connectivity index (χ3v) is 4.77. The normalized spacial score (nSPS) is 12.3. The minimum atomic E-state index is -0.270. The van der Waals surface area contributed by atoms with Gasteiger partial charge in [0, 0.05) is 24.9 Å². The zero-order valence-electron chi connectivity index (χ0n) is 15.5. The summed E-state index contributed by atoms with van der Waals surface area (Å²) in [6.45, 7) is 7.43. The molecule has 0 saturated heterocycles. The van der Waals surface area contributed by atoms with Gasteiger partial charge in [-0.3, -0.25) is 4.99 Å². The van der Waals surface area contributed by atoms with Gasteiger partial charge in [-0.15, -0.1) is 35.3 Å². The summed E-state index contributed by atoms with van der Waals surface area (Å²) in [4.78, 5) is 10.0. The van der Waals surface area contributed by atoms with Crippen molar-refractivity contribution < 1.29 is 9.13 Å². The number of aliphatic imine (C=N–C) groups is 1. The molecule has 0 fully saturated rings. The first kappa shape index (κ1) is 22.6. The average Bonchev–Trinajstić information content (AvgIpc) is 2.91. The van der Waals surface area contributed by atoms with E-state index in [0.717, 1.165) is 29.6 Å². The Balaban J connectivity index is 0.00000338. The van der Waals surface area contributed by atoms with Crippen molar-refractivity contribution in [3.8, 4) is 5.75 Å². The van der Waals surface area contributed by atoms with Crippen molar-refractivity contribution in [3.63, 3.8) is 0 Å². The fourth-order valence-corrected chi connectivity index (χ4v) is 3.12. The summed E-state index contributed by atoms with van der Waals surface area (Å²) in [5.41, 5.74) is 1.11. The number of hydrogen-bond donors (Lipinski definition) is 2. The zero-order chi connectivity index (χ0) is 18.2. The number of aryl methyl sites for hydroxylation is 2. The molecule has 1 atom stereocenters. The van der Waals surface area contributed by atoms with Crippen LogP contribution < -0.4 is 15.4 Å². The zero-order valence-corrected chi connectivity index (χ0v) is 18.7. The Morgan fingerprint density at radius 1 is 1.27 bits per heavy atom. The van der Waals surface area contributed by atoms with E-state index in [-0.39, 0.29) is 35.9 Å². The monoisotopic (exact) mass is 492 g/mol. The Morgan fingerprint density at radius 3 is 2.54 bits per heavy atom. The summed E-state index contributed by atoms with van der Waals surface area (Å²) < 4.78 is 18.6. The molecule has 2 aromatic rings. The fraction of sp³-hybridized carbons (Fsp3) is 0.444. The quantitative estimate of drug-likeness (QED) is 0.352. The van der Waals surface area contributed by atoms with E-state index < -0.39 is 0 Å². The van der Waals surface area contributed by atoms with E-state index in [2.05, 4.69) is 27.5 Å². The van der Waals surface area contributed by atoms with Crippen LogP contribution in [0.1, 0.15) is 22.5 Å². The van der Waals surface area contributed by atoms with Gasteiger partial charge in [0.15, 0.2) is 5.96 Å². The SMILES string of the molecule is CN=C(NCCc1nc(C)c(C)s1)NCC(C)Oc1ccc(F)cc1.I. The molecule has 1 aromatic heterocycles. The van der Waals surface area contributed by atoms with Gasteiger partial charge in [0.1, 0.15) is 17.7 Å². The number of hydrogen-bond acceptors (Lipinski definition) is 4. The molecule has 1 heterocycles. The minimum Gasteiger partial charge on any atom is -0.489 e. The van der Waals surface area contributed by atoms with Crippen LogP contribution in [0.25, 0.3) is 0 Å². The third-order valence-electron chi connectivity index (χ3n) is 3.64. The van der Waals surface area contributed by atoms with Gasteiger partial charge in [0.25, 0.3) is 0 Å². The third kappa shape index (κ3) is 7.45. The first-order valence-corrected chi connectivity index (χ1v) is 9.09. The molecule has 1 unspecified atom stereocenters. The molecule has 0 amide bonds. The number of guanidine groups is 1. The lowest BCUT2D eigenvalue weighted by Crippen LogP contribution is -2.42. The summed E-state index contributed by atoms with van der Waals surface area (Å²) in [6, 6.07) is 6.02. The van der Waals surface area contributed by atoms with Gasteiger partial charge >= 0.3 is 0 Å². The van der Waals surface area contributed by atoms with E-state index >= 15 is 0 Å². The Kier molecular flexibility index (Phi) is 9.85. The van der Waals surface area contributed by atoms with Gasteiger partial charge in [-0.25, -0.2) is 9.37 Å². The molecule has 0 aliphatic heterocycles. The van der Waals surface area contributed by atoms with E-state index in [1.165, 1.54) is 17.0 Å². The lowest BCUT2D eigenvalue weighted by molar-refractivity contribution is 0.223. The first-order valence-electron chi connectivity index (χ1n) is 8.27. The molecule has 2 N–H and O–H groups in total. The number of nitrogens with zero attached hydrogens (tertiary/aromatic N) is 2. The molecule has 0 aliphatic rings. The number of benzene rings is 1. The second-order valence-corrected chi connectivity index (χ2v) is 7.05. The van der Waals surface area contributed by atoms with Crippen LogP contribution in [0.5, 0.6) is 5.75 Å². The van der Waals surface area contributed by atoms with Crippen LogP contribution in [0.3, 0.4) is 0 Å². The van der Waals surface area contributed by atoms with Crippen LogP contribution in [-0.2, 0) is 6.42 Å². The topological polar surface area (TPSA) is 58.5 Å². The predicted molar refractivity (Wildman–Crippen MR) is 117 cm³/mol. The summed E-state index contributed by atoms with van der Waals surface area (Å²) in [5.74, 6) is 1.10. The van der Waals surface area contributed by atoms with Crippen molar-refractivity contribution in [2.24, 2.45) is 4.99 Å². The molecule has 1 aromatic carbocycles. The lowest BCUT2D eigenvalue weighted by atomic mass is 10.3. The summed E-state index contributed by atoms with van der Waals surface area (Å²) in [6.07, 6.45) is 0.787. The fourth-order valence-electron chi connectivity index (χ4n) is 2.18. The molecular formula is C18H26FIN4OS. The van der Waals surface area contributed by atoms with Gasteiger partial charge in [-0.1, -0.05) is 0 Å². The number of ether oxygens (including phenoxy) is 1. The van der Waals surface area contributed by atoms with Crippen LogP contribution in [0.15, 0.2) is 29.3 Å². The standard InChI is InChI=1S/C18H25FN4OS.HI/c1-12(24-16-7-5-15(19)6-8-16)11-22-18(20-4)21-10-9-17-23-13(2)14(3)25-17;/h5-8,12H,9-11H2,1-4H3,(H2,20,21,22);1H. The Hall–Kier alpha value is -1.42. The maximum absolute atomic E-state index is 12.9. The molecule has 5 nitrogen and oxygen atoms in total. The molecule has 26 heavy (non-hydrogen) atoms. The van der Waals surface area contributed by atoms with E-state index in [9.17, 15) is 4.39 Å². The summed E-state index contributed by atoms with van der Waals surface area (Å²) in [7, 11) is 1.73. The molecule has 8 heteroatoms. The molecule has 2 rings (SSSR count). The molecular weight excluding hydrogens is 466 g/mol. The summed E-state index contributed by atoms with van der Waals surface area (Å²) in [5, 5.41) is 7.63. The highest BCUT2D eigenvalue weighted by atomic mass is 127. The van der Waals surface area contributed by atoms with Crippen molar-refractivity contribution in [1.29, 1.82) is 0 Å². The number of nitrogens with one attached hydrogen (secondary N) is 2. The van der Waals surface area contributed by atoms with Gasteiger partial charge in [-0.2, -0.15) is 0 Å². The predicted octanol–water partition coefficient (Wildman–Crippen LogP) is 3.69. The molecule has 0 saturated carbocycles. The minimum absolute atomic E-state index is 0. The average molecular weight is 492 g/mol. The molecule has 0 spiro atoms.